The fourth-order valence-electron chi connectivity index (χ4n) is 1.28. The molecule has 1 N–H and O–H groups in total. The Morgan fingerprint density at radius 3 is 2.50 bits per heavy atom. The molecule has 0 aliphatic rings. The molecule has 0 bridgehead atoms. The maximum absolute atomic E-state index is 11.9. The second-order valence-electron chi connectivity index (χ2n) is 3.48. The number of benzene rings is 1. The van der Waals surface area contributed by atoms with Crippen LogP contribution in [0.25, 0.3) is 0 Å². The predicted octanol–water partition coefficient (Wildman–Crippen LogP) is 2.78. The summed E-state index contributed by atoms with van der Waals surface area (Å²) in [4.78, 5) is 11.6. The van der Waals surface area contributed by atoms with Crippen LogP contribution in [0.3, 0.4) is 0 Å². The van der Waals surface area contributed by atoms with E-state index in [0.29, 0.717) is 12.1 Å². The van der Waals surface area contributed by atoms with Gasteiger partial charge in [-0.1, -0.05) is 6.92 Å². The summed E-state index contributed by atoms with van der Waals surface area (Å²) in [7, 11) is 0. The molecule has 0 fully saturated rings. The SMILES string of the molecule is CCC(C#N)C(=O)Nc1ccc(OC(F)F)cc1. The molecule has 0 radical (unpaired) electrons. The minimum Gasteiger partial charge on any atom is -0.435 e. The second kappa shape index (κ2) is 6.55. The van der Waals surface area contributed by atoms with Crippen molar-refractivity contribution in [3.05, 3.63) is 24.3 Å². The number of carbonyl (C=O) groups excluding carboxylic acids is 1. The number of halogens is 2. The van der Waals surface area contributed by atoms with Crippen LogP contribution in [0.5, 0.6) is 5.75 Å². The van der Waals surface area contributed by atoms with Gasteiger partial charge in [0.05, 0.1) is 6.07 Å². The second-order valence-corrected chi connectivity index (χ2v) is 3.48. The Labute approximate surface area is 103 Å². The summed E-state index contributed by atoms with van der Waals surface area (Å²) in [6.45, 7) is -1.15. The number of rotatable bonds is 5. The van der Waals surface area contributed by atoms with Gasteiger partial charge in [-0.05, 0) is 30.7 Å². The third kappa shape index (κ3) is 4.01. The van der Waals surface area contributed by atoms with Gasteiger partial charge in [-0.3, -0.25) is 4.79 Å². The van der Waals surface area contributed by atoms with Crippen LogP contribution >= 0.6 is 0 Å². The summed E-state index contributed by atoms with van der Waals surface area (Å²) in [5.41, 5.74) is 0.426. The first kappa shape index (κ1) is 13.9. The monoisotopic (exact) mass is 254 g/mol. The van der Waals surface area contributed by atoms with Gasteiger partial charge in [-0.2, -0.15) is 14.0 Å². The maximum atomic E-state index is 11.9. The van der Waals surface area contributed by atoms with Gasteiger partial charge in [0.2, 0.25) is 5.91 Å². The molecule has 0 saturated carbocycles. The smallest absolute Gasteiger partial charge is 0.387 e. The Bertz CT molecular complexity index is 440. The van der Waals surface area contributed by atoms with Crippen LogP contribution in [-0.2, 0) is 4.79 Å². The number of carbonyl (C=O) groups is 1. The van der Waals surface area contributed by atoms with E-state index in [1.54, 1.807) is 6.92 Å². The van der Waals surface area contributed by atoms with E-state index < -0.39 is 18.4 Å². The van der Waals surface area contributed by atoms with Crippen molar-refractivity contribution in [3.63, 3.8) is 0 Å². The van der Waals surface area contributed by atoms with Gasteiger partial charge in [0.25, 0.3) is 0 Å². The average molecular weight is 254 g/mol. The van der Waals surface area contributed by atoms with E-state index in [9.17, 15) is 13.6 Å². The molecule has 96 valence electrons. The summed E-state index contributed by atoms with van der Waals surface area (Å²) in [5, 5.41) is 11.2. The molecule has 1 unspecified atom stereocenters. The van der Waals surface area contributed by atoms with Crippen molar-refractivity contribution >= 4 is 11.6 Å². The number of nitrogens with one attached hydrogen (secondary N) is 1. The molecule has 0 spiro atoms. The maximum Gasteiger partial charge on any atom is 0.387 e. The number of alkyl halides is 2. The number of anilines is 1. The molecular formula is C12H12F2N2O2. The van der Waals surface area contributed by atoms with E-state index >= 15 is 0 Å². The van der Waals surface area contributed by atoms with Crippen molar-refractivity contribution in [2.24, 2.45) is 5.92 Å². The quantitative estimate of drug-likeness (QED) is 0.878. The minimum atomic E-state index is -2.88. The van der Waals surface area contributed by atoms with Crippen molar-refractivity contribution in [2.75, 3.05) is 5.32 Å². The zero-order valence-corrected chi connectivity index (χ0v) is 9.69. The zero-order chi connectivity index (χ0) is 13.5. The Morgan fingerprint density at radius 1 is 1.44 bits per heavy atom. The third-order valence-electron chi connectivity index (χ3n) is 2.23. The van der Waals surface area contributed by atoms with Gasteiger partial charge < -0.3 is 10.1 Å². The van der Waals surface area contributed by atoms with E-state index in [0.717, 1.165) is 0 Å². The normalized spacial score (nSPS) is 11.7. The van der Waals surface area contributed by atoms with Gasteiger partial charge in [0, 0.05) is 5.69 Å². The highest BCUT2D eigenvalue weighted by Gasteiger charge is 2.15. The molecule has 0 saturated heterocycles. The largest absolute Gasteiger partial charge is 0.435 e. The molecule has 1 rings (SSSR count). The summed E-state index contributed by atoms with van der Waals surface area (Å²) in [5.74, 6) is -1.13. The van der Waals surface area contributed by atoms with E-state index in [-0.39, 0.29) is 5.75 Å². The molecule has 0 aromatic heterocycles. The summed E-state index contributed by atoms with van der Waals surface area (Å²) < 4.78 is 28.0. The van der Waals surface area contributed by atoms with E-state index in [2.05, 4.69) is 10.1 Å². The standard InChI is InChI=1S/C12H12F2N2O2/c1-2-8(7-15)11(17)16-9-3-5-10(6-4-9)18-12(13)14/h3-6,8,12H,2H2,1H3,(H,16,17). The number of nitrogens with zero attached hydrogens (tertiary/aromatic N) is 1. The fraction of sp³-hybridized carbons (Fsp3) is 0.333. The molecule has 1 amide bonds. The lowest BCUT2D eigenvalue weighted by atomic mass is 10.1. The number of ether oxygens (including phenoxy) is 1. The Hall–Kier alpha value is -2.16. The van der Waals surface area contributed by atoms with Gasteiger partial charge in [-0.25, -0.2) is 0 Å². The van der Waals surface area contributed by atoms with Crippen LogP contribution in [-0.4, -0.2) is 12.5 Å². The first-order valence-corrected chi connectivity index (χ1v) is 5.32. The topological polar surface area (TPSA) is 62.1 Å². The molecular weight excluding hydrogens is 242 g/mol. The van der Waals surface area contributed by atoms with Crippen LogP contribution < -0.4 is 10.1 Å². The molecule has 1 aromatic carbocycles. The van der Waals surface area contributed by atoms with Crippen molar-refractivity contribution in [2.45, 2.75) is 20.0 Å². The Morgan fingerprint density at radius 2 is 2.06 bits per heavy atom. The number of hydrogen-bond donors (Lipinski definition) is 1. The highest BCUT2D eigenvalue weighted by atomic mass is 19.3. The molecule has 0 aliphatic carbocycles. The molecule has 0 heterocycles. The van der Waals surface area contributed by atoms with Crippen LogP contribution in [0.15, 0.2) is 24.3 Å². The van der Waals surface area contributed by atoms with Gasteiger partial charge in [0.1, 0.15) is 11.7 Å². The molecule has 1 atom stereocenters. The minimum absolute atomic E-state index is 0.00956. The number of amides is 1. The first-order valence-electron chi connectivity index (χ1n) is 5.32. The van der Waals surface area contributed by atoms with Gasteiger partial charge >= 0.3 is 6.61 Å². The lowest BCUT2D eigenvalue weighted by molar-refractivity contribution is -0.118. The Kier molecular flexibility index (Phi) is 5.06. The van der Waals surface area contributed by atoms with Crippen LogP contribution in [0.2, 0.25) is 0 Å². The highest BCUT2D eigenvalue weighted by Crippen LogP contribution is 2.18. The summed E-state index contributed by atoms with van der Waals surface area (Å²) in [6.07, 6.45) is 0.412. The lowest BCUT2D eigenvalue weighted by Crippen LogP contribution is -2.20. The van der Waals surface area contributed by atoms with Crippen molar-refractivity contribution in [1.29, 1.82) is 5.26 Å². The van der Waals surface area contributed by atoms with Crippen molar-refractivity contribution < 1.29 is 18.3 Å². The molecule has 6 heteroatoms. The van der Waals surface area contributed by atoms with Crippen LogP contribution in [0.1, 0.15) is 13.3 Å². The fourth-order valence-corrected chi connectivity index (χ4v) is 1.28. The van der Waals surface area contributed by atoms with E-state index in [1.165, 1.54) is 24.3 Å². The lowest BCUT2D eigenvalue weighted by Gasteiger charge is -2.09. The molecule has 4 nitrogen and oxygen atoms in total. The number of nitriles is 1. The zero-order valence-electron chi connectivity index (χ0n) is 9.69. The average Bonchev–Trinajstić information content (AvgIpc) is 2.32. The number of hydrogen-bond acceptors (Lipinski definition) is 3. The van der Waals surface area contributed by atoms with E-state index in [1.807, 2.05) is 6.07 Å². The Balaban J connectivity index is 2.64. The third-order valence-corrected chi connectivity index (χ3v) is 2.23. The molecule has 1 aromatic rings. The van der Waals surface area contributed by atoms with Crippen molar-refractivity contribution in [1.82, 2.24) is 0 Å². The molecule has 0 aliphatic heterocycles. The van der Waals surface area contributed by atoms with E-state index in [4.69, 9.17) is 5.26 Å². The summed E-state index contributed by atoms with van der Waals surface area (Å²) >= 11 is 0. The highest BCUT2D eigenvalue weighted by molar-refractivity contribution is 5.94. The van der Waals surface area contributed by atoms with Crippen LogP contribution in [0.4, 0.5) is 14.5 Å². The molecule has 18 heavy (non-hydrogen) atoms. The van der Waals surface area contributed by atoms with Gasteiger partial charge in [-0.15, -0.1) is 0 Å². The van der Waals surface area contributed by atoms with Gasteiger partial charge in [0.15, 0.2) is 0 Å². The van der Waals surface area contributed by atoms with Crippen LogP contribution in [0, 0.1) is 17.2 Å². The first-order chi connectivity index (χ1) is 8.56. The predicted molar refractivity (Wildman–Crippen MR) is 61.1 cm³/mol. The van der Waals surface area contributed by atoms with Crippen molar-refractivity contribution in [3.8, 4) is 11.8 Å². The summed E-state index contributed by atoms with van der Waals surface area (Å²) in [6, 6.07) is 7.36.